The molecule has 3 heterocycles. The Bertz CT molecular complexity index is 1160. The predicted octanol–water partition coefficient (Wildman–Crippen LogP) is 2.30. The molecule has 1 aromatic carbocycles. The van der Waals surface area contributed by atoms with Gasteiger partial charge >= 0.3 is 11.9 Å². The van der Waals surface area contributed by atoms with Gasteiger partial charge in [0.05, 0.1) is 10.5 Å². The Morgan fingerprint density at radius 1 is 1.31 bits per heavy atom. The Balaban J connectivity index is 1.73. The second-order valence-corrected chi connectivity index (χ2v) is 6.93. The fourth-order valence-electron chi connectivity index (χ4n) is 2.72. The maximum absolute atomic E-state index is 12.6. The molecule has 1 aliphatic heterocycles. The van der Waals surface area contributed by atoms with Crippen molar-refractivity contribution in [1.82, 2.24) is 0 Å². The average Bonchev–Trinajstić information content (AvgIpc) is 3.19. The Hall–Kier alpha value is -3.11. The summed E-state index contributed by atoms with van der Waals surface area (Å²) in [6.07, 6.45) is 0. The van der Waals surface area contributed by atoms with Gasteiger partial charge < -0.3 is 19.2 Å². The van der Waals surface area contributed by atoms with E-state index in [1.165, 1.54) is 12.1 Å². The summed E-state index contributed by atoms with van der Waals surface area (Å²) in [6.45, 7) is 2.25. The van der Waals surface area contributed by atoms with Crippen molar-refractivity contribution in [3.05, 3.63) is 35.4 Å². The van der Waals surface area contributed by atoms with Gasteiger partial charge in [-0.1, -0.05) is 0 Å². The highest BCUT2D eigenvalue weighted by molar-refractivity contribution is 7.85. The van der Waals surface area contributed by atoms with Crippen molar-refractivity contribution in [3.63, 3.8) is 0 Å². The van der Waals surface area contributed by atoms with Crippen LogP contribution in [0.15, 0.2) is 33.6 Å². The lowest BCUT2D eigenvalue weighted by Gasteiger charge is -2.11. The van der Waals surface area contributed by atoms with Gasteiger partial charge in [0.15, 0.2) is 11.2 Å². The summed E-state index contributed by atoms with van der Waals surface area (Å²) in [5.74, 6) is -1.54. The first-order chi connectivity index (χ1) is 12.3. The second kappa shape index (κ2) is 5.44. The summed E-state index contributed by atoms with van der Waals surface area (Å²) in [4.78, 5) is 23.7. The highest BCUT2D eigenvalue weighted by Crippen LogP contribution is 2.49. The molecule has 0 saturated heterocycles. The van der Waals surface area contributed by atoms with Crippen molar-refractivity contribution in [2.45, 2.75) is 11.8 Å². The van der Waals surface area contributed by atoms with Crippen molar-refractivity contribution >= 4 is 38.9 Å². The number of rotatable bonds is 5. The molecule has 0 atom stereocenters. The summed E-state index contributed by atoms with van der Waals surface area (Å²) >= 11 is 0. The maximum atomic E-state index is 12.6. The Morgan fingerprint density at radius 3 is 2.77 bits per heavy atom. The van der Waals surface area contributed by atoms with E-state index in [0.29, 0.717) is 12.2 Å². The van der Waals surface area contributed by atoms with E-state index in [2.05, 4.69) is 5.32 Å². The summed E-state index contributed by atoms with van der Waals surface area (Å²) in [7, 11) is -4.50. The molecule has 0 radical (unpaired) electrons. The van der Waals surface area contributed by atoms with Crippen molar-refractivity contribution < 1.29 is 36.5 Å². The normalized spacial score (nSPS) is 13.2. The lowest BCUT2D eigenvalue weighted by molar-refractivity contribution is 0.0699. The van der Waals surface area contributed by atoms with Crippen molar-refractivity contribution in [2.24, 2.45) is 0 Å². The standard InChI is InChI=1S/C16H11NO8S/c1-2-17-10-4-3-7(26(20,21)22)5-8(10)15(18)24-13-11-6-9-12(23-11)14(13)25-16(9)19/h3-6,17H,2H2,1H3,(H,20,21,22). The molecular weight excluding hydrogens is 366 g/mol. The van der Waals surface area contributed by atoms with Gasteiger partial charge in [-0.15, -0.1) is 0 Å². The van der Waals surface area contributed by atoms with Crippen LogP contribution in [-0.2, 0) is 10.1 Å². The van der Waals surface area contributed by atoms with Crippen LogP contribution in [0.5, 0.6) is 11.5 Å². The lowest BCUT2D eigenvalue weighted by Crippen LogP contribution is -2.14. The molecule has 1 aliphatic rings. The van der Waals surface area contributed by atoms with E-state index in [-0.39, 0.29) is 33.8 Å². The number of hydrogen-bond donors (Lipinski definition) is 2. The maximum Gasteiger partial charge on any atom is 0.347 e. The number of furan rings is 2. The number of ether oxygens (including phenoxy) is 2. The molecule has 0 amide bonds. The SMILES string of the molecule is CCNc1ccc(S(=O)(=O)O)cc1C(=O)Oc1c2c3oc1cc3C(=O)O2. The van der Waals surface area contributed by atoms with Gasteiger partial charge in [0, 0.05) is 18.3 Å². The first-order valence-corrected chi connectivity index (χ1v) is 8.92. The van der Waals surface area contributed by atoms with E-state index in [4.69, 9.17) is 13.9 Å². The molecular formula is C16H11NO8S. The molecule has 2 N–H and O–H groups in total. The number of anilines is 1. The van der Waals surface area contributed by atoms with Gasteiger partial charge in [-0.05, 0) is 25.1 Å². The zero-order chi connectivity index (χ0) is 18.6. The number of hydrogen-bond acceptors (Lipinski definition) is 8. The van der Waals surface area contributed by atoms with Crippen LogP contribution in [0, 0.1) is 0 Å². The molecule has 2 bridgehead atoms. The predicted molar refractivity (Wildman–Crippen MR) is 87.7 cm³/mol. The number of benzene rings is 2. The van der Waals surface area contributed by atoms with Crippen LogP contribution < -0.4 is 14.8 Å². The average molecular weight is 377 g/mol. The van der Waals surface area contributed by atoms with Crippen LogP contribution in [0.4, 0.5) is 5.69 Å². The van der Waals surface area contributed by atoms with E-state index >= 15 is 0 Å². The van der Waals surface area contributed by atoms with E-state index in [0.717, 1.165) is 12.1 Å². The van der Waals surface area contributed by atoms with Crippen LogP contribution >= 0.6 is 0 Å². The van der Waals surface area contributed by atoms with E-state index in [1.54, 1.807) is 6.92 Å². The van der Waals surface area contributed by atoms with E-state index < -0.39 is 27.0 Å². The molecule has 0 spiro atoms. The third-order valence-electron chi connectivity index (χ3n) is 3.85. The molecule has 0 aliphatic carbocycles. The molecule has 134 valence electrons. The van der Waals surface area contributed by atoms with Gasteiger partial charge in [0.25, 0.3) is 10.1 Å². The van der Waals surface area contributed by atoms with Crippen molar-refractivity contribution in [2.75, 3.05) is 11.9 Å². The van der Waals surface area contributed by atoms with Crippen LogP contribution in [0.1, 0.15) is 27.6 Å². The minimum Gasteiger partial charge on any atom is -0.448 e. The van der Waals surface area contributed by atoms with Gasteiger partial charge in [-0.2, -0.15) is 8.42 Å². The molecule has 3 aromatic rings. The largest absolute Gasteiger partial charge is 0.448 e. The van der Waals surface area contributed by atoms with Crippen LogP contribution in [0.3, 0.4) is 0 Å². The van der Waals surface area contributed by atoms with Gasteiger partial charge in [0.2, 0.25) is 11.5 Å². The summed E-state index contributed by atoms with van der Waals surface area (Å²) < 4.78 is 47.5. The van der Waals surface area contributed by atoms with Crippen molar-refractivity contribution in [3.8, 4) is 11.5 Å². The van der Waals surface area contributed by atoms with Gasteiger partial charge in [0.1, 0.15) is 5.56 Å². The summed E-state index contributed by atoms with van der Waals surface area (Å²) in [5.41, 5.74) is 0.830. The van der Waals surface area contributed by atoms with Gasteiger partial charge in [-0.3, -0.25) is 4.55 Å². The van der Waals surface area contributed by atoms with E-state index in [9.17, 15) is 22.6 Å². The first kappa shape index (κ1) is 16.4. The number of nitrogens with one attached hydrogen (secondary N) is 1. The molecule has 9 nitrogen and oxygen atoms in total. The number of fused-ring (bicyclic) bond motifs is 1. The quantitative estimate of drug-likeness (QED) is 0.390. The first-order valence-electron chi connectivity index (χ1n) is 7.48. The fraction of sp³-hybridized carbons (Fsp3) is 0.125. The highest BCUT2D eigenvalue weighted by Gasteiger charge is 2.37. The molecule has 0 unspecified atom stereocenters. The van der Waals surface area contributed by atoms with Gasteiger partial charge in [-0.25, -0.2) is 9.59 Å². The number of carbonyl (C=O) groups excluding carboxylic acids is 2. The summed E-state index contributed by atoms with van der Waals surface area (Å²) in [6, 6.07) is 4.89. The third kappa shape index (κ3) is 2.38. The summed E-state index contributed by atoms with van der Waals surface area (Å²) in [5, 5.41) is 2.90. The topological polar surface area (TPSA) is 132 Å². The molecule has 2 aromatic heterocycles. The van der Waals surface area contributed by atoms with Crippen LogP contribution in [0.2, 0.25) is 0 Å². The fourth-order valence-corrected chi connectivity index (χ4v) is 3.23. The molecule has 26 heavy (non-hydrogen) atoms. The highest BCUT2D eigenvalue weighted by atomic mass is 32.2. The number of esters is 2. The molecule has 4 rings (SSSR count). The Labute approximate surface area is 146 Å². The second-order valence-electron chi connectivity index (χ2n) is 5.50. The Kier molecular flexibility index (Phi) is 3.43. The number of carbonyl (C=O) groups is 2. The molecule has 10 heteroatoms. The third-order valence-corrected chi connectivity index (χ3v) is 4.70. The zero-order valence-corrected chi connectivity index (χ0v) is 14.0. The minimum absolute atomic E-state index is 0.0202. The van der Waals surface area contributed by atoms with E-state index in [1.807, 2.05) is 0 Å². The zero-order valence-electron chi connectivity index (χ0n) is 13.2. The monoisotopic (exact) mass is 377 g/mol. The van der Waals surface area contributed by atoms with Crippen LogP contribution in [0.25, 0.3) is 11.2 Å². The van der Waals surface area contributed by atoms with Crippen molar-refractivity contribution in [1.29, 1.82) is 0 Å². The smallest absolute Gasteiger partial charge is 0.347 e. The molecule has 0 fully saturated rings. The van der Waals surface area contributed by atoms with Crippen LogP contribution in [-0.4, -0.2) is 31.5 Å². The lowest BCUT2D eigenvalue weighted by atomic mass is 10.1. The minimum atomic E-state index is -4.50. The Morgan fingerprint density at radius 2 is 2.08 bits per heavy atom. The molecule has 0 saturated carbocycles.